The van der Waals surface area contributed by atoms with Crippen molar-refractivity contribution in [3.8, 4) is 11.8 Å². The molecule has 0 aromatic heterocycles. The summed E-state index contributed by atoms with van der Waals surface area (Å²) in [5.74, 6) is 5.87. The summed E-state index contributed by atoms with van der Waals surface area (Å²) in [6, 6.07) is 4.75. The third-order valence-corrected chi connectivity index (χ3v) is 5.41. The Morgan fingerprint density at radius 1 is 1.31 bits per heavy atom. The number of hydrogen-bond acceptors (Lipinski definition) is 2. The highest BCUT2D eigenvalue weighted by molar-refractivity contribution is 6.42. The van der Waals surface area contributed by atoms with E-state index in [1.165, 1.54) is 6.08 Å². The second-order valence-electron chi connectivity index (χ2n) is 6.77. The van der Waals surface area contributed by atoms with Crippen LogP contribution in [0.15, 0.2) is 43.5 Å². The SMILES string of the molecule is C=CCN(C(=O)C=C)C1CCN(C(=O)NC(C)C#Cc2ccc(Cl)c(Cl)c2)CC1. The fraction of sp³-hybridized carbons (Fsp3) is 0.364. The van der Waals surface area contributed by atoms with Crippen LogP contribution in [0.1, 0.15) is 25.3 Å². The molecule has 1 saturated heterocycles. The Hall–Kier alpha value is -2.42. The monoisotopic (exact) mass is 433 g/mol. The second-order valence-corrected chi connectivity index (χ2v) is 7.59. The average molecular weight is 434 g/mol. The Labute approximate surface area is 182 Å². The summed E-state index contributed by atoms with van der Waals surface area (Å²) in [7, 11) is 0. The zero-order valence-corrected chi connectivity index (χ0v) is 18.0. The highest BCUT2D eigenvalue weighted by Crippen LogP contribution is 2.22. The number of amides is 3. The summed E-state index contributed by atoms with van der Waals surface area (Å²) in [6.45, 7) is 10.7. The number of rotatable bonds is 5. The van der Waals surface area contributed by atoms with Gasteiger partial charge in [0.05, 0.1) is 16.1 Å². The fourth-order valence-electron chi connectivity index (χ4n) is 3.13. The molecule has 1 aromatic rings. The Bertz CT molecular complexity index is 836. The predicted octanol–water partition coefficient (Wildman–Crippen LogP) is 4.11. The normalized spacial score (nSPS) is 14.9. The third kappa shape index (κ3) is 6.56. The fourth-order valence-corrected chi connectivity index (χ4v) is 3.43. The lowest BCUT2D eigenvalue weighted by molar-refractivity contribution is -0.128. The van der Waals surface area contributed by atoms with Crippen LogP contribution in [0.4, 0.5) is 4.79 Å². The van der Waals surface area contributed by atoms with E-state index in [1.807, 2.05) is 6.92 Å². The summed E-state index contributed by atoms with van der Waals surface area (Å²) in [4.78, 5) is 28.0. The van der Waals surface area contributed by atoms with Gasteiger partial charge in [-0.15, -0.1) is 6.58 Å². The maximum absolute atomic E-state index is 12.5. The van der Waals surface area contributed by atoms with Gasteiger partial charge in [0.2, 0.25) is 5.91 Å². The first-order valence-corrected chi connectivity index (χ1v) is 10.2. The number of halogens is 2. The highest BCUT2D eigenvalue weighted by atomic mass is 35.5. The number of carbonyl (C=O) groups excluding carboxylic acids is 2. The number of likely N-dealkylation sites (tertiary alicyclic amines) is 1. The molecule has 1 aliphatic rings. The first kappa shape index (κ1) is 22.9. The van der Waals surface area contributed by atoms with Gasteiger partial charge in [-0.05, 0) is 44.0 Å². The maximum Gasteiger partial charge on any atom is 0.318 e. The Morgan fingerprint density at radius 3 is 2.59 bits per heavy atom. The minimum Gasteiger partial charge on any atom is -0.332 e. The molecule has 7 heteroatoms. The number of nitrogens with zero attached hydrogens (tertiary/aromatic N) is 2. The van der Waals surface area contributed by atoms with E-state index >= 15 is 0 Å². The predicted molar refractivity (Wildman–Crippen MR) is 118 cm³/mol. The summed E-state index contributed by atoms with van der Waals surface area (Å²) in [5.41, 5.74) is 0.732. The van der Waals surface area contributed by atoms with E-state index in [1.54, 1.807) is 34.1 Å². The van der Waals surface area contributed by atoms with Crippen LogP contribution in [0.2, 0.25) is 10.0 Å². The van der Waals surface area contributed by atoms with Crippen LogP contribution >= 0.6 is 23.2 Å². The van der Waals surface area contributed by atoms with Crippen molar-refractivity contribution in [2.45, 2.75) is 31.8 Å². The van der Waals surface area contributed by atoms with Gasteiger partial charge in [-0.3, -0.25) is 4.79 Å². The molecule has 0 saturated carbocycles. The summed E-state index contributed by atoms with van der Waals surface area (Å²) >= 11 is 11.9. The topological polar surface area (TPSA) is 52.7 Å². The van der Waals surface area contributed by atoms with Gasteiger partial charge >= 0.3 is 6.03 Å². The van der Waals surface area contributed by atoms with Gasteiger partial charge in [0.15, 0.2) is 0 Å². The maximum atomic E-state index is 12.5. The molecule has 5 nitrogen and oxygen atoms in total. The minimum atomic E-state index is -0.325. The summed E-state index contributed by atoms with van der Waals surface area (Å²) in [6.07, 6.45) is 4.44. The average Bonchev–Trinajstić information content (AvgIpc) is 2.72. The third-order valence-electron chi connectivity index (χ3n) is 4.67. The largest absolute Gasteiger partial charge is 0.332 e. The van der Waals surface area contributed by atoms with Gasteiger partial charge in [-0.25, -0.2) is 4.79 Å². The second kappa shape index (κ2) is 10.9. The first-order chi connectivity index (χ1) is 13.8. The molecule has 0 radical (unpaired) electrons. The van der Waals surface area contributed by atoms with Crippen LogP contribution in [-0.2, 0) is 4.79 Å². The van der Waals surface area contributed by atoms with Crippen molar-refractivity contribution >= 4 is 35.1 Å². The standard InChI is InChI=1S/C22H25Cl2N3O2/c1-4-12-27(21(28)5-2)18-10-13-26(14-11-18)22(29)25-16(3)6-7-17-8-9-19(23)20(24)15-17/h4-5,8-9,15-16,18H,1-2,10-14H2,3H3,(H,25,29). The Kier molecular flexibility index (Phi) is 8.63. The molecule has 3 amide bonds. The molecule has 1 unspecified atom stereocenters. The van der Waals surface area contributed by atoms with Gasteiger partial charge < -0.3 is 15.1 Å². The van der Waals surface area contributed by atoms with Crippen molar-refractivity contribution < 1.29 is 9.59 Å². The highest BCUT2D eigenvalue weighted by Gasteiger charge is 2.28. The van der Waals surface area contributed by atoms with Crippen LogP contribution in [0.3, 0.4) is 0 Å². The van der Waals surface area contributed by atoms with Gasteiger partial charge in [0.25, 0.3) is 0 Å². The molecular weight excluding hydrogens is 409 g/mol. The zero-order valence-electron chi connectivity index (χ0n) is 16.5. The van der Waals surface area contributed by atoms with Crippen LogP contribution in [0, 0.1) is 11.8 Å². The molecular formula is C22H25Cl2N3O2. The number of nitrogens with one attached hydrogen (secondary N) is 1. The molecule has 1 heterocycles. The molecule has 0 aliphatic carbocycles. The van der Waals surface area contributed by atoms with Gasteiger partial charge in [0, 0.05) is 31.2 Å². The van der Waals surface area contributed by atoms with E-state index < -0.39 is 0 Å². The van der Waals surface area contributed by atoms with E-state index in [0.717, 1.165) is 5.56 Å². The number of hydrogen-bond donors (Lipinski definition) is 1. The molecule has 154 valence electrons. The van der Waals surface area contributed by atoms with E-state index in [0.29, 0.717) is 42.5 Å². The van der Waals surface area contributed by atoms with Crippen LogP contribution in [0.5, 0.6) is 0 Å². The van der Waals surface area contributed by atoms with Crippen molar-refractivity contribution in [3.63, 3.8) is 0 Å². The first-order valence-electron chi connectivity index (χ1n) is 9.41. The molecule has 1 atom stereocenters. The van der Waals surface area contributed by atoms with Gasteiger partial charge in [0.1, 0.15) is 0 Å². The minimum absolute atomic E-state index is 0.0782. The van der Waals surface area contributed by atoms with Crippen molar-refractivity contribution in [1.82, 2.24) is 15.1 Å². The smallest absolute Gasteiger partial charge is 0.318 e. The lowest BCUT2D eigenvalue weighted by Crippen LogP contribution is -2.51. The molecule has 2 rings (SSSR count). The van der Waals surface area contributed by atoms with Crippen molar-refractivity contribution in [2.75, 3.05) is 19.6 Å². The van der Waals surface area contributed by atoms with Crippen LogP contribution in [0.25, 0.3) is 0 Å². The van der Waals surface area contributed by atoms with E-state index in [9.17, 15) is 9.59 Å². The van der Waals surface area contributed by atoms with Crippen molar-refractivity contribution in [1.29, 1.82) is 0 Å². The molecule has 1 N–H and O–H groups in total. The van der Waals surface area contributed by atoms with E-state index in [2.05, 4.69) is 30.3 Å². The van der Waals surface area contributed by atoms with Crippen LogP contribution < -0.4 is 5.32 Å². The number of benzene rings is 1. The van der Waals surface area contributed by atoms with Crippen molar-refractivity contribution in [3.05, 3.63) is 59.1 Å². The lowest BCUT2D eigenvalue weighted by Gasteiger charge is -2.38. The quantitative estimate of drug-likeness (QED) is 0.431. The molecule has 0 spiro atoms. The number of urea groups is 1. The van der Waals surface area contributed by atoms with Gasteiger partial charge in [-0.1, -0.05) is 47.7 Å². The molecule has 1 aliphatic heterocycles. The number of piperidine rings is 1. The summed E-state index contributed by atoms with van der Waals surface area (Å²) in [5, 5.41) is 3.81. The lowest BCUT2D eigenvalue weighted by atomic mass is 10.0. The van der Waals surface area contributed by atoms with Crippen molar-refractivity contribution in [2.24, 2.45) is 0 Å². The molecule has 29 heavy (non-hydrogen) atoms. The number of carbonyl (C=O) groups is 2. The zero-order chi connectivity index (χ0) is 21.4. The van der Waals surface area contributed by atoms with Crippen LogP contribution in [-0.4, -0.2) is 53.5 Å². The molecule has 1 fully saturated rings. The summed E-state index contributed by atoms with van der Waals surface area (Å²) < 4.78 is 0. The molecule has 0 bridgehead atoms. The van der Waals surface area contributed by atoms with Gasteiger partial charge in [-0.2, -0.15) is 0 Å². The Morgan fingerprint density at radius 2 is 2.00 bits per heavy atom. The molecule has 1 aromatic carbocycles. The van der Waals surface area contributed by atoms with E-state index in [-0.39, 0.29) is 24.0 Å². The van der Waals surface area contributed by atoms with E-state index in [4.69, 9.17) is 23.2 Å². The Balaban J connectivity index is 1.88.